The van der Waals surface area contributed by atoms with Crippen LogP contribution in [0.5, 0.6) is 11.5 Å². The number of benzene rings is 1. The van der Waals surface area contributed by atoms with Crippen molar-refractivity contribution in [2.75, 3.05) is 27.3 Å². The third-order valence-electron chi connectivity index (χ3n) is 5.42. The number of hydrogen-bond donors (Lipinski definition) is 1. The lowest BCUT2D eigenvalue weighted by Gasteiger charge is -2.29. The summed E-state index contributed by atoms with van der Waals surface area (Å²) in [6.07, 6.45) is 3.14. The van der Waals surface area contributed by atoms with Gasteiger partial charge in [0, 0.05) is 25.2 Å². The highest BCUT2D eigenvalue weighted by Crippen LogP contribution is 2.40. The van der Waals surface area contributed by atoms with E-state index < -0.39 is 10.0 Å². The summed E-state index contributed by atoms with van der Waals surface area (Å²) < 4.78 is 38.4. The average Bonchev–Trinajstić information content (AvgIpc) is 3.00. The smallest absolute Gasteiger partial charge is 0.243 e. The Morgan fingerprint density at radius 3 is 2.36 bits per heavy atom. The Morgan fingerprint density at radius 1 is 1.12 bits per heavy atom. The molecule has 3 rings (SSSR count). The second-order valence-electron chi connectivity index (χ2n) is 6.81. The molecule has 1 aliphatic heterocycles. The highest BCUT2D eigenvalue weighted by atomic mass is 35.5. The molecule has 0 radical (unpaired) electrons. The first-order chi connectivity index (χ1) is 11.4. The SMILES string of the molecule is COc1cc(C)c(S(=O)(=O)N2CC3CCCC(N)C3C2)cc1OC.Cl. The zero-order chi connectivity index (χ0) is 17.5. The highest BCUT2D eigenvalue weighted by molar-refractivity contribution is 7.89. The summed E-state index contributed by atoms with van der Waals surface area (Å²) in [5, 5.41) is 0. The molecule has 1 heterocycles. The van der Waals surface area contributed by atoms with E-state index in [4.69, 9.17) is 15.2 Å². The van der Waals surface area contributed by atoms with Crippen LogP contribution in [-0.4, -0.2) is 46.1 Å². The molecule has 6 nitrogen and oxygen atoms in total. The van der Waals surface area contributed by atoms with Crippen molar-refractivity contribution < 1.29 is 17.9 Å². The molecule has 25 heavy (non-hydrogen) atoms. The average molecular weight is 391 g/mol. The fourth-order valence-corrected chi connectivity index (χ4v) is 5.81. The van der Waals surface area contributed by atoms with Crippen LogP contribution in [0.1, 0.15) is 24.8 Å². The minimum absolute atomic E-state index is 0. The molecule has 8 heteroatoms. The molecular formula is C17H27ClN2O4S. The van der Waals surface area contributed by atoms with Crippen molar-refractivity contribution >= 4 is 22.4 Å². The van der Waals surface area contributed by atoms with Crippen molar-refractivity contribution in [3.63, 3.8) is 0 Å². The minimum Gasteiger partial charge on any atom is -0.493 e. The summed E-state index contributed by atoms with van der Waals surface area (Å²) in [7, 11) is -0.520. The second-order valence-corrected chi connectivity index (χ2v) is 8.72. The van der Waals surface area contributed by atoms with Crippen LogP contribution < -0.4 is 15.2 Å². The van der Waals surface area contributed by atoms with Crippen molar-refractivity contribution in [2.45, 2.75) is 37.1 Å². The number of hydrogen-bond acceptors (Lipinski definition) is 5. The van der Waals surface area contributed by atoms with Gasteiger partial charge in [0.2, 0.25) is 10.0 Å². The van der Waals surface area contributed by atoms with E-state index in [1.807, 2.05) is 0 Å². The molecule has 2 aliphatic rings. The Hall–Kier alpha value is -1.02. The minimum atomic E-state index is -3.57. The number of rotatable bonds is 4. The summed E-state index contributed by atoms with van der Waals surface area (Å²) in [4.78, 5) is 0.285. The predicted octanol–water partition coefficient (Wildman–Crippen LogP) is 2.18. The molecule has 1 saturated carbocycles. The lowest BCUT2D eigenvalue weighted by atomic mass is 9.78. The maximum absolute atomic E-state index is 13.2. The number of methoxy groups -OCH3 is 2. The van der Waals surface area contributed by atoms with E-state index in [0.29, 0.717) is 36.1 Å². The van der Waals surface area contributed by atoms with E-state index in [1.165, 1.54) is 14.2 Å². The van der Waals surface area contributed by atoms with Crippen molar-refractivity contribution in [3.05, 3.63) is 17.7 Å². The monoisotopic (exact) mass is 390 g/mol. The summed E-state index contributed by atoms with van der Waals surface area (Å²) in [5.41, 5.74) is 6.88. The molecule has 3 unspecified atom stereocenters. The van der Waals surface area contributed by atoms with E-state index >= 15 is 0 Å². The first-order valence-electron chi connectivity index (χ1n) is 8.36. The van der Waals surface area contributed by atoms with Gasteiger partial charge in [-0.2, -0.15) is 4.31 Å². The fraction of sp³-hybridized carbons (Fsp3) is 0.647. The lowest BCUT2D eigenvalue weighted by molar-refractivity contribution is 0.260. The van der Waals surface area contributed by atoms with Crippen molar-refractivity contribution in [2.24, 2.45) is 17.6 Å². The number of nitrogens with zero attached hydrogens (tertiary/aromatic N) is 1. The first-order valence-corrected chi connectivity index (χ1v) is 9.80. The number of sulfonamides is 1. The molecule has 1 aromatic carbocycles. The zero-order valence-electron chi connectivity index (χ0n) is 14.9. The van der Waals surface area contributed by atoms with Crippen LogP contribution >= 0.6 is 12.4 Å². The molecule has 0 amide bonds. The van der Waals surface area contributed by atoms with Crippen LogP contribution in [0.2, 0.25) is 0 Å². The summed E-state index contributed by atoms with van der Waals surface area (Å²) in [6.45, 7) is 2.86. The van der Waals surface area contributed by atoms with Gasteiger partial charge in [-0.25, -0.2) is 8.42 Å². The van der Waals surface area contributed by atoms with Gasteiger partial charge in [0.1, 0.15) is 0 Å². The predicted molar refractivity (Wildman–Crippen MR) is 99.1 cm³/mol. The Labute approximate surface area is 156 Å². The van der Waals surface area contributed by atoms with Crippen LogP contribution in [0, 0.1) is 18.8 Å². The quantitative estimate of drug-likeness (QED) is 0.852. The third-order valence-corrected chi connectivity index (χ3v) is 7.39. The summed E-state index contributed by atoms with van der Waals surface area (Å²) in [5.74, 6) is 1.61. The van der Waals surface area contributed by atoms with Crippen LogP contribution in [0.25, 0.3) is 0 Å². The number of nitrogens with two attached hydrogens (primary N) is 1. The molecule has 0 aromatic heterocycles. The Bertz CT molecular complexity index is 726. The zero-order valence-corrected chi connectivity index (χ0v) is 16.5. The molecule has 0 spiro atoms. The Morgan fingerprint density at radius 2 is 1.76 bits per heavy atom. The van der Waals surface area contributed by atoms with Crippen LogP contribution in [-0.2, 0) is 10.0 Å². The van der Waals surface area contributed by atoms with E-state index in [-0.39, 0.29) is 29.3 Å². The molecule has 1 aromatic rings. The maximum Gasteiger partial charge on any atom is 0.243 e. The van der Waals surface area contributed by atoms with E-state index in [2.05, 4.69) is 0 Å². The summed E-state index contributed by atoms with van der Waals surface area (Å²) in [6, 6.07) is 3.38. The van der Waals surface area contributed by atoms with E-state index in [9.17, 15) is 8.42 Å². The van der Waals surface area contributed by atoms with Crippen molar-refractivity contribution in [1.29, 1.82) is 0 Å². The standard InChI is InChI=1S/C17H26N2O4S.ClH/c1-11-7-15(22-2)16(23-3)8-17(11)24(20,21)19-9-12-5-4-6-14(18)13(12)10-19;/h7-8,12-14H,4-6,9-10,18H2,1-3H3;1H. The molecule has 3 atom stereocenters. The first kappa shape index (κ1) is 20.3. The van der Waals surface area contributed by atoms with Gasteiger partial charge in [0.25, 0.3) is 0 Å². The molecule has 1 aliphatic carbocycles. The van der Waals surface area contributed by atoms with Gasteiger partial charge < -0.3 is 15.2 Å². The molecule has 0 bridgehead atoms. The number of halogens is 1. The van der Waals surface area contributed by atoms with Gasteiger partial charge in [-0.15, -0.1) is 12.4 Å². The Balaban J connectivity index is 0.00000225. The van der Waals surface area contributed by atoms with Crippen molar-refractivity contribution in [3.8, 4) is 11.5 Å². The fourth-order valence-electron chi connectivity index (χ4n) is 4.05. The lowest BCUT2D eigenvalue weighted by Crippen LogP contribution is -2.38. The second kappa shape index (κ2) is 7.70. The van der Waals surface area contributed by atoms with Crippen LogP contribution in [0.15, 0.2) is 17.0 Å². The number of fused-ring (bicyclic) bond motifs is 1. The summed E-state index contributed by atoms with van der Waals surface area (Å²) >= 11 is 0. The van der Waals surface area contributed by atoms with Crippen LogP contribution in [0.3, 0.4) is 0 Å². The van der Waals surface area contributed by atoms with Gasteiger partial charge in [0.05, 0.1) is 19.1 Å². The van der Waals surface area contributed by atoms with Crippen LogP contribution in [0.4, 0.5) is 0 Å². The van der Waals surface area contributed by atoms with Crippen molar-refractivity contribution in [1.82, 2.24) is 4.31 Å². The molecule has 2 N–H and O–H groups in total. The van der Waals surface area contributed by atoms with E-state index in [0.717, 1.165) is 19.3 Å². The number of ether oxygens (including phenoxy) is 2. The van der Waals surface area contributed by atoms with Gasteiger partial charge in [0.15, 0.2) is 11.5 Å². The van der Waals surface area contributed by atoms with Gasteiger partial charge >= 0.3 is 0 Å². The molecular weight excluding hydrogens is 364 g/mol. The van der Waals surface area contributed by atoms with Gasteiger partial charge in [-0.05, 0) is 43.2 Å². The molecule has 1 saturated heterocycles. The maximum atomic E-state index is 13.2. The largest absolute Gasteiger partial charge is 0.493 e. The number of aryl methyl sites for hydroxylation is 1. The molecule has 142 valence electrons. The van der Waals surface area contributed by atoms with Gasteiger partial charge in [-0.1, -0.05) is 6.42 Å². The topological polar surface area (TPSA) is 81.9 Å². The molecule has 2 fully saturated rings. The normalized spacial score (nSPS) is 26.6. The third kappa shape index (κ3) is 3.60. The van der Waals surface area contributed by atoms with Gasteiger partial charge in [-0.3, -0.25) is 0 Å². The van der Waals surface area contributed by atoms with E-state index in [1.54, 1.807) is 23.4 Å². The Kier molecular flexibility index (Phi) is 6.25. The highest BCUT2D eigenvalue weighted by Gasteiger charge is 2.43.